The van der Waals surface area contributed by atoms with Crippen LogP contribution in [0.3, 0.4) is 0 Å². The first kappa shape index (κ1) is 12.4. The van der Waals surface area contributed by atoms with E-state index in [2.05, 4.69) is 0 Å². The second-order valence-corrected chi connectivity index (χ2v) is 5.94. The lowest BCUT2D eigenvalue weighted by Gasteiger charge is -2.17. The molecule has 0 unspecified atom stereocenters. The molecule has 0 saturated heterocycles. The lowest BCUT2D eigenvalue weighted by molar-refractivity contribution is 0.0704. The van der Waals surface area contributed by atoms with Crippen LogP contribution in [0.2, 0.25) is 0 Å². The highest BCUT2D eigenvalue weighted by Crippen LogP contribution is 2.54. The summed E-state index contributed by atoms with van der Waals surface area (Å²) in [5.74, 6) is -1.00. The van der Waals surface area contributed by atoms with E-state index < -0.39 is 5.41 Å². The van der Waals surface area contributed by atoms with Crippen LogP contribution in [0.1, 0.15) is 46.4 Å². The van der Waals surface area contributed by atoms with Crippen molar-refractivity contribution in [1.29, 1.82) is 0 Å². The number of ketones is 2. The average Bonchev–Trinajstić information content (AvgIpc) is 3.07. The van der Waals surface area contributed by atoms with E-state index >= 15 is 0 Å². The normalized spacial score (nSPS) is 19.6. The number of rotatable bonds is 0. The maximum absolute atomic E-state index is 12.8. The highest BCUT2D eigenvalue weighted by Gasteiger charge is 2.56. The molecule has 4 rings (SSSR count). The Morgan fingerprint density at radius 3 is 1.67 bits per heavy atom. The maximum Gasteiger partial charge on any atom is 0.181 e. The Labute approximate surface area is 121 Å². The minimum absolute atomic E-state index is 0.0121. The third-order valence-corrected chi connectivity index (χ3v) is 4.94. The predicted molar refractivity (Wildman–Crippen MR) is 76.8 cm³/mol. The Morgan fingerprint density at radius 2 is 1.24 bits per heavy atom. The van der Waals surface area contributed by atoms with E-state index in [-0.39, 0.29) is 34.2 Å². The van der Waals surface area contributed by atoms with Gasteiger partial charge in [-0.05, 0) is 12.8 Å². The van der Waals surface area contributed by atoms with E-state index in [1.807, 2.05) is 0 Å². The molecular weight excluding hydrogens is 268 g/mol. The zero-order chi connectivity index (χ0) is 14.8. The third-order valence-electron chi connectivity index (χ3n) is 4.94. The fraction of sp³-hybridized carbons (Fsp3) is 0.294. The molecule has 0 aromatic heterocycles. The maximum atomic E-state index is 12.8. The number of hydrogen-bond donors (Lipinski definition) is 2. The Bertz CT molecular complexity index is 751. The summed E-state index contributed by atoms with van der Waals surface area (Å²) >= 11 is 0. The number of Topliss-reactive ketones (excluding diaryl/α,β-unsaturated/α-hetero) is 2. The number of phenols is 2. The minimum atomic E-state index is -1.05. The van der Waals surface area contributed by atoms with Crippen LogP contribution in [-0.4, -0.2) is 21.8 Å². The third kappa shape index (κ3) is 1.30. The molecule has 0 amide bonds. The Balaban J connectivity index is 2.12. The second-order valence-electron chi connectivity index (χ2n) is 5.94. The lowest BCUT2D eigenvalue weighted by Crippen LogP contribution is -2.29. The summed E-state index contributed by atoms with van der Waals surface area (Å²) in [5.41, 5.74) is -1.02. The molecule has 21 heavy (non-hydrogen) atoms. The Morgan fingerprint density at radius 1 is 0.810 bits per heavy atom. The largest absolute Gasteiger partial charge is 0.507 e. The van der Waals surface area contributed by atoms with E-state index in [9.17, 15) is 19.8 Å². The molecule has 4 heteroatoms. The summed E-state index contributed by atoms with van der Waals surface area (Å²) in [5, 5.41) is 21.7. The van der Waals surface area contributed by atoms with Crippen molar-refractivity contribution in [2.45, 2.75) is 25.7 Å². The van der Waals surface area contributed by atoms with Gasteiger partial charge in [0.2, 0.25) is 0 Å². The molecule has 1 spiro atoms. The standard InChI is InChI=1S/C17H14O4/c18-13-9-5-1-2-6-10(9)14(19)12-11(13)15(20)17(16(12)21)7-3-4-8-17/h1-2,5-6,18-19H,3-4,7-8H2. The van der Waals surface area contributed by atoms with Gasteiger partial charge in [-0.2, -0.15) is 0 Å². The summed E-state index contributed by atoms with van der Waals surface area (Å²) in [4.78, 5) is 25.5. The quantitative estimate of drug-likeness (QED) is 0.575. The van der Waals surface area contributed by atoms with Crippen LogP contribution in [-0.2, 0) is 0 Å². The predicted octanol–water partition coefficient (Wildman–Crippen LogP) is 3.19. The van der Waals surface area contributed by atoms with Gasteiger partial charge in [-0.3, -0.25) is 9.59 Å². The molecule has 0 aliphatic heterocycles. The SMILES string of the molecule is O=C1c2c(c(O)c3ccccc3c2O)C(=O)C12CCCC2. The van der Waals surface area contributed by atoms with Crippen LogP contribution in [0.25, 0.3) is 10.8 Å². The molecule has 1 fully saturated rings. The van der Waals surface area contributed by atoms with Crippen LogP contribution in [0.5, 0.6) is 11.5 Å². The number of carbonyl (C=O) groups excluding carboxylic acids is 2. The summed E-state index contributed by atoms with van der Waals surface area (Å²) in [6.45, 7) is 0. The first-order valence-electron chi connectivity index (χ1n) is 7.14. The van der Waals surface area contributed by atoms with Crippen LogP contribution in [0.15, 0.2) is 24.3 Å². The van der Waals surface area contributed by atoms with Crippen molar-refractivity contribution in [2.75, 3.05) is 0 Å². The van der Waals surface area contributed by atoms with Crippen molar-refractivity contribution < 1.29 is 19.8 Å². The number of fused-ring (bicyclic) bond motifs is 2. The van der Waals surface area contributed by atoms with Crippen LogP contribution in [0.4, 0.5) is 0 Å². The van der Waals surface area contributed by atoms with Gasteiger partial charge < -0.3 is 10.2 Å². The number of carbonyl (C=O) groups is 2. The fourth-order valence-corrected chi connectivity index (χ4v) is 3.86. The highest BCUT2D eigenvalue weighted by atomic mass is 16.3. The first-order chi connectivity index (χ1) is 10.1. The molecule has 0 radical (unpaired) electrons. The molecule has 0 atom stereocenters. The fourth-order valence-electron chi connectivity index (χ4n) is 3.86. The molecule has 0 heterocycles. The van der Waals surface area contributed by atoms with Crippen molar-refractivity contribution in [3.63, 3.8) is 0 Å². The van der Waals surface area contributed by atoms with Crippen molar-refractivity contribution in [3.05, 3.63) is 35.4 Å². The molecule has 2 aromatic carbocycles. The second kappa shape index (κ2) is 3.85. The molecule has 1 saturated carbocycles. The molecule has 0 bridgehead atoms. The molecule has 2 aliphatic rings. The van der Waals surface area contributed by atoms with E-state index in [0.29, 0.717) is 23.6 Å². The van der Waals surface area contributed by atoms with Crippen molar-refractivity contribution in [3.8, 4) is 11.5 Å². The van der Waals surface area contributed by atoms with E-state index in [4.69, 9.17) is 0 Å². The molecule has 2 N–H and O–H groups in total. The summed E-state index contributed by atoms with van der Waals surface area (Å²) in [6.07, 6.45) is 2.67. The van der Waals surface area contributed by atoms with E-state index in [0.717, 1.165) is 12.8 Å². The van der Waals surface area contributed by atoms with Gasteiger partial charge in [-0.1, -0.05) is 37.1 Å². The van der Waals surface area contributed by atoms with Crippen LogP contribution < -0.4 is 0 Å². The van der Waals surface area contributed by atoms with Gasteiger partial charge in [-0.15, -0.1) is 0 Å². The molecule has 2 aliphatic carbocycles. The van der Waals surface area contributed by atoms with Gasteiger partial charge in [0.15, 0.2) is 11.6 Å². The summed E-state index contributed by atoms with van der Waals surface area (Å²) in [6, 6.07) is 6.73. The first-order valence-corrected chi connectivity index (χ1v) is 7.14. The van der Waals surface area contributed by atoms with Gasteiger partial charge in [0, 0.05) is 10.8 Å². The summed E-state index contributed by atoms with van der Waals surface area (Å²) < 4.78 is 0. The van der Waals surface area contributed by atoms with E-state index in [1.54, 1.807) is 24.3 Å². The van der Waals surface area contributed by atoms with Gasteiger partial charge in [0.1, 0.15) is 11.5 Å². The van der Waals surface area contributed by atoms with Gasteiger partial charge >= 0.3 is 0 Å². The number of hydrogen-bond acceptors (Lipinski definition) is 4. The Kier molecular flexibility index (Phi) is 2.27. The average molecular weight is 282 g/mol. The number of benzene rings is 2. The van der Waals surface area contributed by atoms with Crippen LogP contribution >= 0.6 is 0 Å². The number of phenolic OH excluding ortho intramolecular Hbond substituents is 2. The van der Waals surface area contributed by atoms with E-state index in [1.165, 1.54) is 0 Å². The summed E-state index contributed by atoms with van der Waals surface area (Å²) in [7, 11) is 0. The minimum Gasteiger partial charge on any atom is -0.507 e. The molecule has 4 nitrogen and oxygen atoms in total. The Hall–Kier alpha value is -2.36. The zero-order valence-corrected chi connectivity index (χ0v) is 11.3. The lowest BCUT2D eigenvalue weighted by atomic mass is 9.81. The number of aromatic hydroxyl groups is 2. The smallest absolute Gasteiger partial charge is 0.181 e. The molecular formula is C17H14O4. The molecule has 106 valence electrons. The van der Waals surface area contributed by atoms with Crippen molar-refractivity contribution >= 4 is 22.3 Å². The van der Waals surface area contributed by atoms with Crippen molar-refractivity contribution in [1.82, 2.24) is 0 Å². The monoisotopic (exact) mass is 282 g/mol. The van der Waals surface area contributed by atoms with Crippen LogP contribution in [0, 0.1) is 5.41 Å². The topological polar surface area (TPSA) is 74.6 Å². The van der Waals surface area contributed by atoms with Gasteiger partial charge in [0.25, 0.3) is 0 Å². The van der Waals surface area contributed by atoms with Crippen molar-refractivity contribution in [2.24, 2.45) is 5.41 Å². The van der Waals surface area contributed by atoms with Gasteiger partial charge in [-0.25, -0.2) is 0 Å². The molecule has 2 aromatic rings. The van der Waals surface area contributed by atoms with Gasteiger partial charge in [0.05, 0.1) is 16.5 Å². The zero-order valence-electron chi connectivity index (χ0n) is 11.3. The highest BCUT2D eigenvalue weighted by molar-refractivity contribution is 6.33.